The van der Waals surface area contributed by atoms with Gasteiger partial charge in [0.25, 0.3) is 0 Å². The Morgan fingerprint density at radius 3 is 2.33 bits per heavy atom. The van der Waals surface area contributed by atoms with E-state index in [-0.39, 0.29) is 25.1 Å². The van der Waals surface area contributed by atoms with Crippen LogP contribution in [0.25, 0.3) is 11.1 Å². The fourth-order valence-electron chi connectivity index (χ4n) is 2.07. The van der Waals surface area contributed by atoms with Crippen molar-refractivity contribution < 1.29 is 9.18 Å². The lowest BCUT2D eigenvalue weighted by atomic mass is 10.0. The van der Waals surface area contributed by atoms with E-state index in [4.69, 9.17) is 0 Å². The molecule has 1 amide bonds. The lowest BCUT2D eigenvalue weighted by Crippen LogP contribution is -2.13. The Hall–Kier alpha value is -1.33. The summed E-state index contributed by atoms with van der Waals surface area (Å²) in [4.78, 5) is 11.9. The summed E-state index contributed by atoms with van der Waals surface area (Å²) in [5.74, 6) is -0.604. The number of carbonyl (C=O) groups excluding carboxylic acids is 1. The largest absolute Gasteiger partial charge is 0.323 e. The van der Waals surface area contributed by atoms with Crippen LogP contribution in [-0.4, -0.2) is 5.91 Å². The van der Waals surface area contributed by atoms with Gasteiger partial charge in [-0.3, -0.25) is 4.79 Å². The van der Waals surface area contributed by atoms with Crippen LogP contribution in [0.15, 0.2) is 46.9 Å². The van der Waals surface area contributed by atoms with Gasteiger partial charge in [-0.1, -0.05) is 63.6 Å². The molecule has 0 aliphatic carbocycles. The second kappa shape index (κ2) is 12.1. The number of halogens is 2. The molecule has 24 heavy (non-hydrogen) atoms. The van der Waals surface area contributed by atoms with Gasteiger partial charge in [-0.25, -0.2) is 4.39 Å². The normalized spacial score (nSPS) is 9.38. The zero-order chi connectivity index (χ0) is 17.2. The SMILES string of the molecule is CC.CCCCC(=O)Nc1c(-c2ccccc2)ccc(Br)c1F.S. The van der Waals surface area contributed by atoms with Gasteiger partial charge in [-0.15, -0.1) is 0 Å². The molecule has 0 heterocycles. The maximum Gasteiger partial charge on any atom is 0.224 e. The molecule has 5 heteroatoms. The molecule has 0 radical (unpaired) electrons. The number of anilines is 1. The third-order valence-electron chi connectivity index (χ3n) is 3.20. The molecule has 2 rings (SSSR count). The van der Waals surface area contributed by atoms with E-state index in [1.54, 1.807) is 12.1 Å². The van der Waals surface area contributed by atoms with Crippen LogP contribution in [-0.2, 0) is 4.79 Å². The van der Waals surface area contributed by atoms with E-state index in [1.807, 2.05) is 51.1 Å². The Kier molecular flexibility index (Phi) is 11.4. The van der Waals surface area contributed by atoms with E-state index < -0.39 is 5.82 Å². The summed E-state index contributed by atoms with van der Waals surface area (Å²) in [5.41, 5.74) is 1.78. The van der Waals surface area contributed by atoms with Crippen molar-refractivity contribution in [2.45, 2.75) is 40.0 Å². The van der Waals surface area contributed by atoms with Gasteiger partial charge in [0.15, 0.2) is 5.82 Å². The van der Waals surface area contributed by atoms with E-state index >= 15 is 0 Å². The minimum atomic E-state index is -0.443. The Morgan fingerprint density at radius 1 is 1.12 bits per heavy atom. The topological polar surface area (TPSA) is 29.1 Å². The molecule has 0 aliphatic heterocycles. The molecule has 1 N–H and O–H groups in total. The third-order valence-corrected chi connectivity index (χ3v) is 3.81. The van der Waals surface area contributed by atoms with Crippen molar-refractivity contribution in [3.05, 3.63) is 52.8 Å². The predicted octanol–water partition coefficient (Wildman–Crippen LogP) is 6.52. The molecular weight excluding hydrogens is 389 g/mol. The monoisotopic (exact) mass is 413 g/mol. The Labute approximate surface area is 159 Å². The van der Waals surface area contributed by atoms with Gasteiger partial charge >= 0.3 is 0 Å². The highest BCUT2D eigenvalue weighted by atomic mass is 79.9. The Bertz CT molecular complexity index is 635. The lowest BCUT2D eigenvalue weighted by Gasteiger charge is -2.13. The molecule has 0 aliphatic rings. The van der Waals surface area contributed by atoms with Crippen LogP contribution in [0.1, 0.15) is 40.0 Å². The predicted molar refractivity (Wildman–Crippen MR) is 109 cm³/mol. The minimum absolute atomic E-state index is 0. The average Bonchev–Trinajstić information content (AvgIpc) is 2.60. The van der Waals surface area contributed by atoms with Crippen LogP contribution >= 0.6 is 29.4 Å². The number of hydrogen-bond donors (Lipinski definition) is 1. The summed E-state index contributed by atoms with van der Waals surface area (Å²) < 4.78 is 14.7. The van der Waals surface area contributed by atoms with Gasteiger partial charge < -0.3 is 5.32 Å². The summed E-state index contributed by atoms with van der Waals surface area (Å²) in [5, 5.41) is 2.71. The van der Waals surface area contributed by atoms with Crippen LogP contribution in [0.4, 0.5) is 10.1 Å². The van der Waals surface area contributed by atoms with Gasteiger partial charge in [-0.2, -0.15) is 13.5 Å². The first-order valence-corrected chi connectivity index (χ1v) is 8.76. The maximum absolute atomic E-state index is 14.4. The first-order valence-electron chi connectivity index (χ1n) is 7.96. The number of hydrogen-bond acceptors (Lipinski definition) is 1. The third kappa shape index (κ3) is 6.29. The van der Waals surface area contributed by atoms with Gasteiger partial charge in [0.1, 0.15) is 0 Å². The molecule has 0 unspecified atom stereocenters. The van der Waals surface area contributed by atoms with Crippen molar-refractivity contribution in [3.63, 3.8) is 0 Å². The minimum Gasteiger partial charge on any atom is -0.323 e. The molecule has 0 saturated heterocycles. The second-order valence-corrected chi connectivity index (χ2v) is 5.66. The molecular formula is C19H25BrFNOS. The summed E-state index contributed by atoms with van der Waals surface area (Å²) in [6, 6.07) is 12.9. The number of nitrogens with one attached hydrogen (secondary N) is 1. The summed E-state index contributed by atoms with van der Waals surface area (Å²) in [6.45, 7) is 6.02. The van der Waals surface area contributed by atoms with Gasteiger partial charge in [-0.05, 0) is 34.0 Å². The average molecular weight is 414 g/mol. The summed E-state index contributed by atoms with van der Waals surface area (Å²) in [7, 11) is 0. The second-order valence-electron chi connectivity index (χ2n) is 4.80. The Morgan fingerprint density at radius 2 is 1.75 bits per heavy atom. The van der Waals surface area contributed by atoms with Crippen molar-refractivity contribution in [2.75, 3.05) is 5.32 Å². The molecule has 2 nitrogen and oxygen atoms in total. The lowest BCUT2D eigenvalue weighted by molar-refractivity contribution is -0.116. The standard InChI is InChI=1S/C17H17BrFNO.C2H6.H2S/c1-2-3-9-15(21)20-17-13(10-11-14(18)16(17)19)12-7-5-4-6-8-12;1-2;/h4-8,10-11H,2-3,9H2,1H3,(H,20,21);1-2H3;1H2. The molecule has 0 spiro atoms. The van der Waals surface area contributed by atoms with E-state index in [1.165, 1.54) is 0 Å². The molecule has 2 aromatic rings. The van der Waals surface area contributed by atoms with Crippen LogP contribution in [0.3, 0.4) is 0 Å². The van der Waals surface area contributed by atoms with Crippen molar-refractivity contribution in [3.8, 4) is 11.1 Å². The van der Waals surface area contributed by atoms with Crippen molar-refractivity contribution in [2.24, 2.45) is 0 Å². The van der Waals surface area contributed by atoms with Crippen LogP contribution < -0.4 is 5.32 Å². The highest BCUT2D eigenvalue weighted by molar-refractivity contribution is 9.10. The summed E-state index contributed by atoms with van der Waals surface area (Å²) in [6.07, 6.45) is 2.12. The van der Waals surface area contributed by atoms with E-state index in [2.05, 4.69) is 21.2 Å². The molecule has 132 valence electrons. The van der Waals surface area contributed by atoms with E-state index in [0.29, 0.717) is 16.5 Å². The molecule has 0 atom stereocenters. The fourth-order valence-corrected chi connectivity index (χ4v) is 2.40. The summed E-state index contributed by atoms with van der Waals surface area (Å²) >= 11 is 3.17. The molecule has 0 fully saturated rings. The highest BCUT2D eigenvalue weighted by Crippen LogP contribution is 2.34. The highest BCUT2D eigenvalue weighted by Gasteiger charge is 2.15. The zero-order valence-electron chi connectivity index (χ0n) is 14.3. The van der Waals surface area contributed by atoms with Crippen molar-refractivity contribution >= 4 is 41.0 Å². The van der Waals surface area contributed by atoms with Crippen LogP contribution in [0.2, 0.25) is 0 Å². The molecule has 0 bridgehead atoms. The number of benzene rings is 2. The van der Waals surface area contributed by atoms with Crippen molar-refractivity contribution in [1.82, 2.24) is 0 Å². The van der Waals surface area contributed by atoms with Crippen LogP contribution in [0.5, 0.6) is 0 Å². The molecule has 2 aromatic carbocycles. The quantitative estimate of drug-likeness (QED) is 0.593. The molecule has 0 aromatic heterocycles. The molecule has 0 saturated carbocycles. The maximum atomic E-state index is 14.4. The van der Waals surface area contributed by atoms with E-state index in [9.17, 15) is 9.18 Å². The number of amides is 1. The first kappa shape index (κ1) is 22.7. The first-order chi connectivity index (χ1) is 11.1. The smallest absolute Gasteiger partial charge is 0.224 e. The zero-order valence-corrected chi connectivity index (χ0v) is 16.9. The number of unbranched alkanes of at least 4 members (excludes halogenated alkanes) is 1. The van der Waals surface area contributed by atoms with Crippen molar-refractivity contribution in [1.29, 1.82) is 0 Å². The Balaban J connectivity index is 0.00000170. The van der Waals surface area contributed by atoms with Gasteiger partial charge in [0, 0.05) is 12.0 Å². The number of rotatable bonds is 5. The van der Waals surface area contributed by atoms with Gasteiger partial charge in [0.2, 0.25) is 5.91 Å². The van der Waals surface area contributed by atoms with Crippen LogP contribution in [0, 0.1) is 5.82 Å². The van der Waals surface area contributed by atoms with Gasteiger partial charge in [0.05, 0.1) is 10.2 Å². The number of carbonyl (C=O) groups is 1. The van der Waals surface area contributed by atoms with E-state index in [0.717, 1.165) is 18.4 Å². The fraction of sp³-hybridized carbons (Fsp3) is 0.316.